The van der Waals surface area contributed by atoms with Gasteiger partial charge in [-0.25, -0.2) is 0 Å². The van der Waals surface area contributed by atoms with E-state index in [-0.39, 0.29) is 0 Å². The van der Waals surface area contributed by atoms with Gasteiger partial charge in [0.2, 0.25) is 0 Å². The normalized spacial score (nSPS) is 28.6. The van der Waals surface area contributed by atoms with Gasteiger partial charge in [-0.05, 0) is 31.9 Å². The van der Waals surface area contributed by atoms with Gasteiger partial charge in [-0.1, -0.05) is 6.07 Å². The lowest BCUT2D eigenvalue weighted by Crippen LogP contribution is -2.42. The zero-order chi connectivity index (χ0) is 11.8. The minimum absolute atomic E-state index is 0.450. The van der Waals surface area contributed by atoms with Crippen LogP contribution in [0.3, 0.4) is 0 Å². The van der Waals surface area contributed by atoms with Crippen molar-refractivity contribution < 1.29 is 4.79 Å². The third-order valence-corrected chi connectivity index (χ3v) is 3.99. The highest BCUT2D eigenvalue weighted by molar-refractivity contribution is 5.80. The van der Waals surface area contributed by atoms with Crippen LogP contribution in [0, 0.1) is 6.92 Å². The van der Waals surface area contributed by atoms with Crippen molar-refractivity contribution in [3.63, 3.8) is 0 Å². The number of rotatable bonds is 2. The zero-order valence-corrected chi connectivity index (χ0v) is 10.2. The summed E-state index contributed by atoms with van der Waals surface area (Å²) < 4.78 is 0. The van der Waals surface area contributed by atoms with Gasteiger partial charge in [0.25, 0.3) is 0 Å². The summed E-state index contributed by atoms with van der Waals surface area (Å²) in [5.41, 5.74) is 2.21. The first kappa shape index (κ1) is 10.9. The van der Waals surface area contributed by atoms with E-state index in [1.165, 1.54) is 12.8 Å². The molecule has 1 aromatic heterocycles. The molecule has 0 N–H and O–H groups in total. The van der Waals surface area contributed by atoms with Crippen LogP contribution in [0.2, 0.25) is 0 Å². The van der Waals surface area contributed by atoms with Crippen molar-refractivity contribution in [2.75, 3.05) is 0 Å². The molecule has 2 unspecified atom stereocenters. The second-order valence-corrected chi connectivity index (χ2v) is 5.27. The van der Waals surface area contributed by atoms with E-state index in [0.29, 0.717) is 17.9 Å². The van der Waals surface area contributed by atoms with Crippen LogP contribution in [0.4, 0.5) is 0 Å². The smallest absolute Gasteiger partial charge is 0.136 e. The van der Waals surface area contributed by atoms with Gasteiger partial charge in [-0.3, -0.25) is 14.7 Å². The van der Waals surface area contributed by atoms with Gasteiger partial charge in [-0.2, -0.15) is 0 Å². The summed E-state index contributed by atoms with van der Waals surface area (Å²) in [6.07, 6.45) is 3.87. The summed E-state index contributed by atoms with van der Waals surface area (Å²) in [6, 6.07) is 7.13. The molecule has 2 aliphatic rings. The lowest BCUT2D eigenvalue weighted by atomic mass is 10.0. The van der Waals surface area contributed by atoms with Gasteiger partial charge in [0.1, 0.15) is 5.78 Å². The van der Waals surface area contributed by atoms with Crippen LogP contribution in [0.5, 0.6) is 0 Å². The van der Waals surface area contributed by atoms with Crippen molar-refractivity contribution in [1.29, 1.82) is 0 Å². The molecule has 17 heavy (non-hydrogen) atoms. The molecule has 0 amide bonds. The molecule has 2 fully saturated rings. The number of carbonyl (C=O) groups is 1. The third kappa shape index (κ3) is 2.12. The summed E-state index contributed by atoms with van der Waals surface area (Å²) >= 11 is 0. The summed E-state index contributed by atoms with van der Waals surface area (Å²) in [7, 11) is 0. The number of aromatic nitrogens is 1. The SMILES string of the molecule is Cc1cccc(CN2C3CCC2CC(=O)C3)n1. The molecule has 1 aromatic rings. The number of pyridine rings is 1. The van der Waals surface area contributed by atoms with E-state index in [2.05, 4.69) is 22.0 Å². The molecule has 2 aliphatic heterocycles. The summed E-state index contributed by atoms with van der Waals surface area (Å²) in [4.78, 5) is 18.6. The molecule has 2 atom stereocenters. The van der Waals surface area contributed by atoms with E-state index >= 15 is 0 Å². The van der Waals surface area contributed by atoms with Crippen molar-refractivity contribution >= 4 is 5.78 Å². The number of hydrogen-bond donors (Lipinski definition) is 0. The average molecular weight is 230 g/mol. The van der Waals surface area contributed by atoms with Crippen LogP contribution in [0.15, 0.2) is 18.2 Å². The lowest BCUT2D eigenvalue weighted by molar-refractivity contribution is -0.123. The summed E-state index contributed by atoms with van der Waals surface area (Å²) in [5, 5.41) is 0. The maximum Gasteiger partial charge on any atom is 0.136 e. The minimum Gasteiger partial charge on any atom is -0.300 e. The van der Waals surface area contributed by atoms with E-state index < -0.39 is 0 Å². The molecule has 0 radical (unpaired) electrons. The van der Waals surface area contributed by atoms with Crippen LogP contribution in [-0.4, -0.2) is 27.8 Å². The van der Waals surface area contributed by atoms with Crippen LogP contribution in [0.1, 0.15) is 37.1 Å². The topological polar surface area (TPSA) is 33.2 Å². The Kier molecular flexibility index (Phi) is 2.71. The maximum atomic E-state index is 11.5. The van der Waals surface area contributed by atoms with E-state index in [9.17, 15) is 4.79 Å². The van der Waals surface area contributed by atoms with Gasteiger partial charge in [0.15, 0.2) is 0 Å². The Hall–Kier alpha value is -1.22. The number of aryl methyl sites for hydroxylation is 1. The van der Waals surface area contributed by atoms with Crippen LogP contribution < -0.4 is 0 Å². The molecule has 0 aliphatic carbocycles. The molecule has 2 saturated heterocycles. The monoisotopic (exact) mass is 230 g/mol. The molecule has 3 heterocycles. The highest BCUT2D eigenvalue weighted by atomic mass is 16.1. The van der Waals surface area contributed by atoms with Gasteiger partial charge < -0.3 is 0 Å². The highest BCUT2D eigenvalue weighted by Gasteiger charge is 2.39. The fourth-order valence-electron chi connectivity index (χ4n) is 3.19. The fraction of sp³-hybridized carbons (Fsp3) is 0.571. The number of Topliss-reactive ketones (excluding diaryl/α,β-unsaturated/α-hetero) is 1. The average Bonchev–Trinajstić information content (AvgIpc) is 2.54. The molecule has 2 bridgehead atoms. The van der Waals surface area contributed by atoms with Gasteiger partial charge in [0.05, 0.1) is 5.69 Å². The van der Waals surface area contributed by atoms with Crippen molar-refractivity contribution in [2.24, 2.45) is 0 Å². The molecular weight excluding hydrogens is 212 g/mol. The largest absolute Gasteiger partial charge is 0.300 e. The lowest BCUT2D eigenvalue weighted by Gasteiger charge is -2.33. The van der Waals surface area contributed by atoms with Crippen molar-refractivity contribution in [2.45, 2.75) is 51.2 Å². The Morgan fingerprint density at radius 3 is 2.65 bits per heavy atom. The maximum absolute atomic E-state index is 11.5. The van der Waals surface area contributed by atoms with Crippen molar-refractivity contribution in [1.82, 2.24) is 9.88 Å². The number of piperidine rings is 1. The van der Waals surface area contributed by atoms with Crippen LogP contribution in [0.25, 0.3) is 0 Å². The minimum atomic E-state index is 0.450. The van der Waals surface area contributed by atoms with E-state index in [0.717, 1.165) is 30.8 Å². The fourth-order valence-corrected chi connectivity index (χ4v) is 3.19. The van der Waals surface area contributed by atoms with Crippen molar-refractivity contribution in [3.8, 4) is 0 Å². The molecular formula is C14H18N2O. The molecule has 3 rings (SSSR count). The zero-order valence-electron chi connectivity index (χ0n) is 10.2. The predicted molar refractivity (Wildman–Crippen MR) is 65.6 cm³/mol. The second kappa shape index (κ2) is 4.22. The van der Waals surface area contributed by atoms with Gasteiger partial charge in [-0.15, -0.1) is 0 Å². The molecule has 90 valence electrons. The van der Waals surface area contributed by atoms with E-state index in [1.807, 2.05) is 13.0 Å². The highest BCUT2D eigenvalue weighted by Crippen LogP contribution is 2.34. The first-order chi connectivity index (χ1) is 8.22. The summed E-state index contributed by atoms with van der Waals surface area (Å²) in [6.45, 7) is 2.93. The number of hydrogen-bond acceptors (Lipinski definition) is 3. The first-order valence-electron chi connectivity index (χ1n) is 6.42. The predicted octanol–water partition coefficient (Wildman–Crippen LogP) is 2.09. The Bertz CT molecular complexity index is 428. The summed E-state index contributed by atoms with van der Waals surface area (Å²) in [5.74, 6) is 0.450. The third-order valence-electron chi connectivity index (χ3n) is 3.99. The molecule has 0 saturated carbocycles. The van der Waals surface area contributed by atoms with Crippen LogP contribution >= 0.6 is 0 Å². The number of ketones is 1. The second-order valence-electron chi connectivity index (χ2n) is 5.27. The van der Waals surface area contributed by atoms with E-state index in [1.54, 1.807) is 0 Å². The molecule has 3 nitrogen and oxygen atoms in total. The number of carbonyl (C=O) groups excluding carboxylic acids is 1. The quantitative estimate of drug-likeness (QED) is 0.780. The number of nitrogens with zero attached hydrogens (tertiary/aromatic N) is 2. The molecule has 3 heteroatoms. The van der Waals surface area contributed by atoms with Gasteiger partial charge in [0, 0.05) is 37.2 Å². The van der Waals surface area contributed by atoms with Crippen molar-refractivity contribution in [3.05, 3.63) is 29.6 Å². The van der Waals surface area contributed by atoms with Crippen LogP contribution in [-0.2, 0) is 11.3 Å². The van der Waals surface area contributed by atoms with E-state index in [4.69, 9.17) is 0 Å². The Morgan fingerprint density at radius 2 is 2.00 bits per heavy atom. The Morgan fingerprint density at radius 1 is 1.29 bits per heavy atom. The molecule has 0 spiro atoms. The number of fused-ring (bicyclic) bond motifs is 2. The Balaban J connectivity index is 1.76. The van der Waals surface area contributed by atoms with Gasteiger partial charge >= 0.3 is 0 Å². The first-order valence-corrected chi connectivity index (χ1v) is 6.42. The standard InChI is InChI=1S/C14H18N2O/c1-10-3-2-4-11(15-10)9-16-12-5-6-13(16)8-14(17)7-12/h2-4,12-13H,5-9H2,1H3. The Labute approximate surface area is 102 Å². The molecule has 0 aromatic carbocycles.